The molecule has 1 N–H and O–H groups in total. The number of ether oxygens (including phenoxy) is 1. The van der Waals surface area contributed by atoms with Crippen LogP contribution in [0.5, 0.6) is 10.9 Å². The molecule has 0 aliphatic heterocycles. The molecular formula is C9H5FN2O3S. The van der Waals surface area contributed by atoms with E-state index in [9.17, 15) is 9.18 Å². The van der Waals surface area contributed by atoms with Crippen LogP contribution in [-0.4, -0.2) is 21.3 Å². The van der Waals surface area contributed by atoms with Crippen molar-refractivity contribution in [2.24, 2.45) is 0 Å². The molecule has 16 heavy (non-hydrogen) atoms. The number of halogens is 1. The van der Waals surface area contributed by atoms with Crippen LogP contribution >= 0.6 is 11.3 Å². The monoisotopic (exact) mass is 240 g/mol. The maximum Gasteiger partial charge on any atom is 0.338 e. The summed E-state index contributed by atoms with van der Waals surface area (Å²) in [5.41, 5.74) is 1.07. The van der Waals surface area contributed by atoms with Crippen molar-refractivity contribution in [2.45, 2.75) is 0 Å². The molecule has 0 radical (unpaired) electrons. The lowest BCUT2D eigenvalue weighted by Crippen LogP contribution is -2.00. The molecule has 0 aliphatic carbocycles. The van der Waals surface area contributed by atoms with Crippen LogP contribution in [0.4, 0.5) is 4.39 Å². The Morgan fingerprint density at radius 3 is 2.88 bits per heavy atom. The SMILES string of the molecule is O=C(O)c1ccc(Oc2nncs2)cc1F. The van der Waals surface area contributed by atoms with Gasteiger partial charge in [0.1, 0.15) is 17.1 Å². The first kappa shape index (κ1) is 10.5. The molecule has 2 aromatic rings. The van der Waals surface area contributed by atoms with Gasteiger partial charge >= 0.3 is 5.97 Å². The maximum absolute atomic E-state index is 13.2. The molecule has 0 saturated carbocycles. The summed E-state index contributed by atoms with van der Waals surface area (Å²) >= 11 is 1.15. The number of benzene rings is 1. The molecule has 1 aromatic heterocycles. The van der Waals surface area contributed by atoms with Crippen molar-refractivity contribution < 1.29 is 19.0 Å². The molecule has 82 valence electrons. The molecule has 1 aromatic carbocycles. The lowest BCUT2D eigenvalue weighted by molar-refractivity contribution is 0.0692. The van der Waals surface area contributed by atoms with Crippen molar-refractivity contribution in [3.05, 3.63) is 35.1 Å². The number of aromatic nitrogens is 2. The topological polar surface area (TPSA) is 72.3 Å². The molecule has 0 fully saturated rings. The maximum atomic E-state index is 13.2. The van der Waals surface area contributed by atoms with Gasteiger partial charge in [-0.05, 0) is 12.1 Å². The van der Waals surface area contributed by atoms with Gasteiger partial charge < -0.3 is 9.84 Å². The van der Waals surface area contributed by atoms with E-state index in [0.717, 1.165) is 23.5 Å². The van der Waals surface area contributed by atoms with Gasteiger partial charge in [0.15, 0.2) is 0 Å². The average Bonchev–Trinajstić information content (AvgIpc) is 2.70. The fourth-order valence-corrected chi connectivity index (χ4v) is 1.46. The van der Waals surface area contributed by atoms with Crippen molar-refractivity contribution in [1.82, 2.24) is 10.2 Å². The largest absolute Gasteiger partial charge is 0.478 e. The highest BCUT2D eigenvalue weighted by molar-refractivity contribution is 7.11. The van der Waals surface area contributed by atoms with Crippen LogP contribution in [0.1, 0.15) is 10.4 Å². The number of hydrogen-bond acceptors (Lipinski definition) is 5. The molecule has 0 spiro atoms. The van der Waals surface area contributed by atoms with E-state index < -0.39 is 17.3 Å². The third-order valence-electron chi connectivity index (χ3n) is 1.72. The zero-order chi connectivity index (χ0) is 11.5. The molecule has 0 atom stereocenters. The lowest BCUT2D eigenvalue weighted by Gasteiger charge is -2.02. The van der Waals surface area contributed by atoms with Crippen molar-refractivity contribution in [1.29, 1.82) is 0 Å². The van der Waals surface area contributed by atoms with Crippen LogP contribution < -0.4 is 4.74 Å². The summed E-state index contributed by atoms with van der Waals surface area (Å²) in [6.07, 6.45) is 0. The highest BCUT2D eigenvalue weighted by Crippen LogP contribution is 2.24. The van der Waals surface area contributed by atoms with Crippen LogP contribution in [0.3, 0.4) is 0 Å². The van der Waals surface area contributed by atoms with Gasteiger partial charge in [-0.1, -0.05) is 16.4 Å². The first-order valence-electron chi connectivity index (χ1n) is 4.13. The summed E-state index contributed by atoms with van der Waals surface area (Å²) < 4.78 is 18.4. The summed E-state index contributed by atoms with van der Waals surface area (Å²) in [5, 5.41) is 16.0. The molecule has 0 bridgehead atoms. The van der Waals surface area contributed by atoms with Gasteiger partial charge in [-0.25, -0.2) is 9.18 Å². The van der Waals surface area contributed by atoms with E-state index in [4.69, 9.17) is 9.84 Å². The van der Waals surface area contributed by atoms with E-state index in [1.807, 2.05) is 0 Å². The van der Waals surface area contributed by atoms with Gasteiger partial charge in [-0.2, -0.15) is 0 Å². The molecule has 0 amide bonds. The Balaban J connectivity index is 2.24. The van der Waals surface area contributed by atoms with E-state index in [2.05, 4.69) is 10.2 Å². The number of aromatic carboxylic acids is 1. The third kappa shape index (κ3) is 2.14. The second kappa shape index (κ2) is 4.23. The lowest BCUT2D eigenvalue weighted by atomic mass is 10.2. The van der Waals surface area contributed by atoms with E-state index in [1.54, 1.807) is 0 Å². The summed E-state index contributed by atoms with van der Waals surface area (Å²) in [4.78, 5) is 10.5. The van der Waals surface area contributed by atoms with Crippen molar-refractivity contribution in [2.75, 3.05) is 0 Å². The van der Waals surface area contributed by atoms with Gasteiger partial charge in [0, 0.05) is 6.07 Å². The number of hydrogen-bond donors (Lipinski definition) is 1. The second-order valence-corrected chi connectivity index (χ2v) is 3.55. The van der Waals surface area contributed by atoms with E-state index >= 15 is 0 Å². The summed E-state index contributed by atoms with van der Waals surface area (Å²) in [6, 6.07) is 3.48. The van der Waals surface area contributed by atoms with Crippen LogP contribution in [-0.2, 0) is 0 Å². The van der Waals surface area contributed by atoms with Crippen LogP contribution in [0, 0.1) is 5.82 Å². The van der Waals surface area contributed by atoms with E-state index in [-0.39, 0.29) is 10.9 Å². The zero-order valence-corrected chi connectivity index (χ0v) is 8.57. The number of nitrogens with zero attached hydrogens (tertiary/aromatic N) is 2. The highest BCUT2D eigenvalue weighted by Gasteiger charge is 2.11. The Morgan fingerprint density at radius 2 is 2.31 bits per heavy atom. The fourth-order valence-electron chi connectivity index (χ4n) is 1.04. The zero-order valence-electron chi connectivity index (χ0n) is 7.75. The molecule has 0 saturated heterocycles. The van der Waals surface area contributed by atoms with Gasteiger partial charge in [-0.15, -0.1) is 5.10 Å². The summed E-state index contributed by atoms with van der Waals surface area (Å²) in [6.45, 7) is 0. The summed E-state index contributed by atoms with van der Waals surface area (Å²) in [5.74, 6) is -1.99. The molecule has 1 heterocycles. The molecule has 0 aliphatic rings. The van der Waals surface area contributed by atoms with E-state index in [1.165, 1.54) is 11.6 Å². The average molecular weight is 240 g/mol. The smallest absolute Gasteiger partial charge is 0.338 e. The minimum atomic E-state index is -1.32. The Kier molecular flexibility index (Phi) is 2.78. The van der Waals surface area contributed by atoms with Crippen molar-refractivity contribution >= 4 is 17.3 Å². The summed E-state index contributed by atoms with van der Waals surface area (Å²) in [7, 11) is 0. The minimum Gasteiger partial charge on any atom is -0.478 e. The molecule has 0 unspecified atom stereocenters. The van der Waals surface area contributed by atoms with Crippen molar-refractivity contribution in [3.63, 3.8) is 0 Å². The van der Waals surface area contributed by atoms with Gasteiger partial charge in [0.2, 0.25) is 0 Å². The Bertz CT molecular complexity index is 515. The molecule has 5 nitrogen and oxygen atoms in total. The number of carbonyl (C=O) groups is 1. The Hall–Kier alpha value is -2.02. The third-order valence-corrected chi connectivity index (χ3v) is 2.28. The van der Waals surface area contributed by atoms with Gasteiger partial charge in [0.05, 0.1) is 5.56 Å². The van der Waals surface area contributed by atoms with Crippen molar-refractivity contribution in [3.8, 4) is 10.9 Å². The second-order valence-electron chi connectivity index (χ2n) is 2.75. The molecule has 2 rings (SSSR count). The highest BCUT2D eigenvalue weighted by atomic mass is 32.1. The van der Waals surface area contributed by atoms with Gasteiger partial charge in [-0.3, -0.25) is 0 Å². The van der Waals surface area contributed by atoms with E-state index in [0.29, 0.717) is 0 Å². The Labute approximate surface area is 93.1 Å². The number of carboxylic acid groups (broad SMARTS) is 1. The van der Waals surface area contributed by atoms with Crippen LogP contribution in [0.2, 0.25) is 0 Å². The number of rotatable bonds is 3. The fraction of sp³-hybridized carbons (Fsp3) is 0. The predicted molar refractivity (Wildman–Crippen MR) is 53.3 cm³/mol. The predicted octanol–water partition coefficient (Wildman–Crippen LogP) is 2.17. The van der Waals surface area contributed by atoms with Crippen LogP contribution in [0.25, 0.3) is 0 Å². The standard InChI is InChI=1S/C9H5FN2O3S/c10-7-3-5(1-2-6(7)8(13)14)15-9-12-11-4-16-9/h1-4H,(H,13,14). The quantitative estimate of drug-likeness (QED) is 0.890. The minimum absolute atomic E-state index is 0.180. The van der Waals surface area contributed by atoms with Crippen LogP contribution in [0.15, 0.2) is 23.7 Å². The number of carboxylic acids is 1. The first-order valence-corrected chi connectivity index (χ1v) is 5.01. The van der Waals surface area contributed by atoms with Gasteiger partial charge in [0.25, 0.3) is 5.19 Å². The first-order chi connectivity index (χ1) is 7.66. The molecular weight excluding hydrogens is 235 g/mol. The normalized spacial score (nSPS) is 10.1. The Morgan fingerprint density at radius 1 is 1.50 bits per heavy atom. The molecule has 7 heteroatoms.